The van der Waals surface area contributed by atoms with E-state index < -0.39 is 0 Å². The molecule has 1 atom stereocenters. The standard InChI is InChI=1S/C24H30N4O4/c1-31-21-7-6-20(15-22(21)32-17-18-8-10-25-11-9-18)26-23(29)19-5-4-14-28(16-19)24(30)27-12-2-3-13-27/h6-11,15,19H,2-5,12-14,16-17H2,1H3,(H,26,29). The molecule has 3 amide bonds. The van der Waals surface area contributed by atoms with Gasteiger partial charge in [-0.2, -0.15) is 0 Å². The number of piperidine rings is 1. The third-order valence-corrected chi connectivity index (χ3v) is 6.01. The van der Waals surface area contributed by atoms with Crippen LogP contribution in [0.5, 0.6) is 11.5 Å². The smallest absolute Gasteiger partial charge is 0.320 e. The molecule has 2 aliphatic heterocycles. The minimum Gasteiger partial charge on any atom is -0.493 e. The lowest BCUT2D eigenvalue weighted by Gasteiger charge is -2.34. The Morgan fingerprint density at radius 3 is 2.53 bits per heavy atom. The molecule has 32 heavy (non-hydrogen) atoms. The number of nitrogens with one attached hydrogen (secondary N) is 1. The second-order valence-electron chi connectivity index (χ2n) is 8.26. The summed E-state index contributed by atoms with van der Waals surface area (Å²) >= 11 is 0. The van der Waals surface area contributed by atoms with E-state index >= 15 is 0 Å². The van der Waals surface area contributed by atoms with Gasteiger partial charge in [-0.15, -0.1) is 0 Å². The van der Waals surface area contributed by atoms with E-state index in [-0.39, 0.29) is 17.9 Å². The number of carbonyl (C=O) groups is 2. The van der Waals surface area contributed by atoms with Crippen LogP contribution in [0.15, 0.2) is 42.7 Å². The Labute approximate surface area is 188 Å². The first kappa shape index (κ1) is 21.9. The monoisotopic (exact) mass is 438 g/mol. The summed E-state index contributed by atoms with van der Waals surface area (Å²) in [6.07, 6.45) is 7.17. The normalized spacial score (nSPS) is 18.3. The van der Waals surface area contributed by atoms with Gasteiger partial charge in [-0.1, -0.05) is 0 Å². The van der Waals surface area contributed by atoms with Crippen molar-refractivity contribution >= 4 is 17.6 Å². The first-order valence-corrected chi connectivity index (χ1v) is 11.2. The minimum atomic E-state index is -0.224. The lowest BCUT2D eigenvalue weighted by atomic mass is 9.97. The molecule has 0 radical (unpaired) electrons. The molecule has 0 aliphatic carbocycles. The van der Waals surface area contributed by atoms with Gasteiger partial charge in [0.25, 0.3) is 0 Å². The molecule has 170 valence electrons. The minimum absolute atomic E-state index is 0.0660. The molecule has 2 fully saturated rings. The van der Waals surface area contributed by atoms with E-state index in [9.17, 15) is 9.59 Å². The second kappa shape index (κ2) is 10.3. The number of amides is 3. The molecule has 4 rings (SSSR count). The number of rotatable bonds is 6. The fourth-order valence-electron chi connectivity index (χ4n) is 4.22. The molecule has 8 nitrogen and oxygen atoms in total. The van der Waals surface area contributed by atoms with Crippen molar-refractivity contribution in [2.45, 2.75) is 32.3 Å². The number of likely N-dealkylation sites (tertiary alicyclic amines) is 2. The van der Waals surface area contributed by atoms with E-state index in [4.69, 9.17) is 9.47 Å². The number of carbonyl (C=O) groups excluding carboxylic acids is 2. The van der Waals surface area contributed by atoms with Crippen molar-refractivity contribution in [2.75, 3.05) is 38.6 Å². The van der Waals surface area contributed by atoms with E-state index in [0.717, 1.165) is 44.3 Å². The van der Waals surface area contributed by atoms with Gasteiger partial charge in [-0.25, -0.2) is 4.79 Å². The molecule has 0 bridgehead atoms. The Balaban J connectivity index is 1.38. The third kappa shape index (κ3) is 5.30. The first-order chi connectivity index (χ1) is 15.6. The van der Waals surface area contributed by atoms with Crippen LogP contribution in [0.25, 0.3) is 0 Å². The van der Waals surface area contributed by atoms with Crippen molar-refractivity contribution in [1.82, 2.24) is 14.8 Å². The number of methoxy groups -OCH3 is 1. The average Bonchev–Trinajstić information content (AvgIpc) is 3.38. The van der Waals surface area contributed by atoms with E-state index in [2.05, 4.69) is 10.3 Å². The van der Waals surface area contributed by atoms with E-state index in [1.54, 1.807) is 37.7 Å². The molecule has 0 spiro atoms. The topological polar surface area (TPSA) is 84.0 Å². The summed E-state index contributed by atoms with van der Waals surface area (Å²) in [7, 11) is 1.58. The Kier molecular flexibility index (Phi) is 7.09. The van der Waals surface area contributed by atoms with Crippen LogP contribution in [0.4, 0.5) is 10.5 Å². The van der Waals surface area contributed by atoms with E-state index in [1.807, 2.05) is 21.9 Å². The summed E-state index contributed by atoms with van der Waals surface area (Å²) < 4.78 is 11.3. The predicted molar refractivity (Wildman–Crippen MR) is 121 cm³/mol. The van der Waals surface area contributed by atoms with E-state index in [0.29, 0.717) is 36.9 Å². The molecule has 1 aromatic heterocycles. The highest BCUT2D eigenvalue weighted by molar-refractivity contribution is 5.93. The van der Waals surface area contributed by atoms with Crippen molar-refractivity contribution in [3.8, 4) is 11.5 Å². The lowest BCUT2D eigenvalue weighted by Crippen LogP contribution is -2.48. The number of benzene rings is 1. The summed E-state index contributed by atoms with van der Waals surface area (Å²) in [5.41, 5.74) is 1.63. The maximum atomic E-state index is 13.0. The van der Waals surface area contributed by atoms with Crippen LogP contribution in [0.3, 0.4) is 0 Å². The molecule has 1 aromatic carbocycles. The van der Waals surface area contributed by atoms with Crippen molar-refractivity contribution in [2.24, 2.45) is 5.92 Å². The summed E-state index contributed by atoms with van der Waals surface area (Å²) in [5, 5.41) is 2.99. The highest BCUT2D eigenvalue weighted by Crippen LogP contribution is 2.31. The van der Waals surface area contributed by atoms with Crippen LogP contribution in [0.2, 0.25) is 0 Å². The summed E-state index contributed by atoms with van der Waals surface area (Å²) in [6.45, 7) is 3.18. The highest BCUT2D eigenvalue weighted by atomic mass is 16.5. The van der Waals surface area contributed by atoms with Gasteiger partial charge < -0.3 is 24.6 Å². The Bertz CT molecular complexity index is 931. The predicted octanol–water partition coefficient (Wildman–Crippen LogP) is 3.54. The molecular formula is C24H30N4O4. The largest absolute Gasteiger partial charge is 0.493 e. The maximum Gasteiger partial charge on any atom is 0.320 e. The molecule has 1 N–H and O–H groups in total. The molecule has 1 unspecified atom stereocenters. The fourth-order valence-corrected chi connectivity index (χ4v) is 4.22. The number of pyridine rings is 1. The number of urea groups is 1. The van der Waals surface area contributed by atoms with Crippen LogP contribution in [0.1, 0.15) is 31.2 Å². The van der Waals surface area contributed by atoms with Gasteiger partial charge in [0.05, 0.1) is 13.0 Å². The van der Waals surface area contributed by atoms with Gasteiger partial charge in [0.1, 0.15) is 6.61 Å². The summed E-state index contributed by atoms with van der Waals surface area (Å²) in [6, 6.07) is 9.19. The van der Waals surface area contributed by atoms with Crippen molar-refractivity contribution in [3.63, 3.8) is 0 Å². The van der Waals surface area contributed by atoms with Crippen LogP contribution >= 0.6 is 0 Å². The number of aromatic nitrogens is 1. The highest BCUT2D eigenvalue weighted by Gasteiger charge is 2.31. The van der Waals surface area contributed by atoms with Crippen molar-refractivity contribution in [1.29, 1.82) is 0 Å². The zero-order chi connectivity index (χ0) is 22.3. The zero-order valence-corrected chi connectivity index (χ0v) is 18.5. The Morgan fingerprint density at radius 1 is 1.03 bits per heavy atom. The molecule has 2 aliphatic rings. The van der Waals surface area contributed by atoms with Crippen LogP contribution in [0, 0.1) is 5.92 Å². The molecule has 3 heterocycles. The third-order valence-electron chi connectivity index (χ3n) is 6.01. The van der Waals surface area contributed by atoms with Crippen molar-refractivity contribution < 1.29 is 19.1 Å². The first-order valence-electron chi connectivity index (χ1n) is 11.2. The number of ether oxygens (including phenoxy) is 2. The number of nitrogens with zero attached hydrogens (tertiary/aromatic N) is 3. The molecule has 2 saturated heterocycles. The molecule has 8 heteroatoms. The number of hydrogen-bond donors (Lipinski definition) is 1. The summed E-state index contributed by atoms with van der Waals surface area (Å²) in [5.74, 6) is 0.849. The van der Waals surface area contributed by atoms with Gasteiger partial charge >= 0.3 is 6.03 Å². The average molecular weight is 439 g/mol. The number of hydrogen-bond acceptors (Lipinski definition) is 5. The second-order valence-corrected chi connectivity index (χ2v) is 8.26. The van der Waals surface area contributed by atoms with Gasteiger partial charge in [-0.3, -0.25) is 9.78 Å². The number of anilines is 1. The fraction of sp³-hybridized carbons (Fsp3) is 0.458. The zero-order valence-electron chi connectivity index (χ0n) is 18.5. The quantitative estimate of drug-likeness (QED) is 0.746. The Hall–Kier alpha value is -3.29. The lowest BCUT2D eigenvalue weighted by molar-refractivity contribution is -0.121. The van der Waals surface area contributed by atoms with Crippen LogP contribution in [-0.4, -0.2) is 60.0 Å². The van der Waals surface area contributed by atoms with Gasteiger partial charge in [0.2, 0.25) is 5.91 Å². The summed E-state index contributed by atoms with van der Waals surface area (Å²) in [4.78, 5) is 33.4. The van der Waals surface area contributed by atoms with Crippen LogP contribution < -0.4 is 14.8 Å². The van der Waals surface area contributed by atoms with Crippen LogP contribution in [-0.2, 0) is 11.4 Å². The van der Waals surface area contributed by atoms with E-state index in [1.165, 1.54) is 0 Å². The van der Waals surface area contributed by atoms with Crippen molar-refractivity contribution in [3.05, 3.63) is 48.3 Å². The van der Waals surface area contributed by atoms with Gasteiger partial charge in [0.15, 0.2) is 11.5 Å². The Morgan fingerprint density at radius 2 is 1.78 bits per heavy atom. The molecular weight excluding hydrogens is 408 g/mol. The maximum absolute atomic E-state index is 13.0. The molecule has 0 saturated carbocycles. The van der Waals surface area contributed by atoms with Gasteiger partial charge in [0, 0.05) is 50.3 Å². The molecule has 2 aromatic rings. The van der Waals surface area contributed by atoms with Gasteiger partial charge in [-0.05, 0) is 55.5 Å². The SMILES string of the molecule is COc1ccc(NC(=O)C2CCCN(C(=O)N3CCCC3)C2)cc1OCc1ccncc1.